The van der Waals surface area contributed by atoms with Crippen LogP contribution in [-0.2, 0) is 0 Å². The van der Waals surface area contributed by atoms with E-state index in [9.17, 15) is 4.39 Å². The monoisotopic (exact) mass is 277 g/mol. The second-order valence-corrected chi connectivity index (χ2v) is 7.02. The van der Waals surface area contributed by atoms with Gasteiger partial charge in [-0.2, -0.15) is 0 Å². The van der Waals surface area contributed by atoms with Crippen molar-refractivity contribution in [1.29, 1.82) is 0 Å². The molecule has 0 bridgehead atoms. The highest BCUT2D eigenvalue weighted by atomic mass is 19.1. The van der Waals surface area contributed by atoms with Crippen molar-refractivity contribution in [2.24, 2.45) is 17.1 Å². The Bertz CT molecular complexity index is 582. The number of fused-ring (bicyclic) bond motifs is 1. The summed E-state index contributed by atoms with van der Waals surface area (Å²) in [6.07, 6.45) is 1.95. The van der Waals surface area contributed by atoms with Gasteiger partial charge >= 0.3 is 0 Å². The fraction of sp³-hybridized carbons (Fsp3) is 0.529. The van der Waals surface area contributed by atoms with E-state index < -0.39 is 0 Å². The molecule has 2 unspecified atom stereocenters. The summed E-state index contributed by atoms with van der Waals surface area (Å²) >= 11 is 0. The van der Waals surface area contributed by atoms with Crippen LogP contribution in [0.4, 0.5) is 4.39 Å². The molecule has 2 atom stereocenters. The van der Waals surface area contributed by atoms with Crippen LogP contribution in [0.3, 0.4) is 0 Å². The number of hydrogen-bond acceptors (Lipinski definition) is 2. The van der Waals surface area contributed by atoms with Gasteiger partial charge in [-0.1, -0.05) is 39.8 Å². The van der Waals surface area contributed by atoms with Gasteiger partial charge in [0.05, 0.1) is 6.04 Å². The van der Waals surface area contributed by atoms with Crippen LogP contribution in [0.5, 0.6) is 0 Å². The van der Waals surface area contributed by atoms with E-state index in [-0.39, 0.29) is 11.9 Å². The molecule has 0 saturated heterocycles. The van der Waals surface area contributed by atoms with Gasteiger partial charge in [0.1, 0.15) is 5.76 Å². The van der Waals surface area contributed by atoms with Gasteiger partial charge in [-0.25, -0.2) is 4.39 Å². The van der Waals surface area contributed by atoms with Gasteiger partial charge in [-0.3, -0.25) is 0 Å². The van der Waals surface area contributed by atoms with E-state index in [1.54, 1.807) is 6.07 Å². The minimum absolute atomic E-state index is 0.181. The number of rotatable bonds is 4. The minimum Gasteiger partial charge on any atom is -0.456 e. The highest BCUT2D eigenvalue weighted by molar-refractivity contribution is 5.78. The van der Waals surface area contributed by atoms with E-state index in [0.29, 0.717) is 22.7 Å². The zero-order valence-corrected chi connectivity index (χ0v) is 12.7. The number of halogens is 1. The average Bonchev–Trinajstić information content (AvgIpc) is 2.71. The first-order chi connectivity index (χ1) is 9.26. The Kier molecular flexibility index (Phi) is 4.19. The molecule has 2 rings (SSSR count). The molecular weight excluding hydrogens is 253 g/mol. The third-order valence-electron chi connectivity index (χ3n) is 3.50. The SMILES string of the molecule is CC(CC(N)c1cc2cccc(F)c2o1)CC(C)(C)C. The Balaban J connectivity index is 2.11. The summed E-state index contributed by atoms with van der Waals surface area (Å²) in [4.78, 5) is 0. The maximum atomic E-state index is 13.6. The lowest BCUT2D eigenvalue weighted by Gasteiger charge is -2.24. The molecule has 2 nitrogen and oxygen atoms in total. The molecule has 110 valence electrons. The summed E-state index contributed by atoms with van der Waals surface area (Å²) in [5, 5.41) is 0.777. The zero-order chi connectivity index (χ0) is 14.9. The Hall–Kier alpha value is -1.35. The van der Waals surface area contributed by atoms with Crippen molar-refractivity contribution >= 4 is 11.0 Å². The van der Waals surface area contributed by atoms with Crippen LogP contribution in [-0.4, -0.2) is 0 Å². The van der Waals surface area contributed by atoms with Crippen LogP contribution in [0.2, 0.25) is 0 Å². The van der Waals surface area contributed by atoms with Gasteiger partial charge < -0.3 is 10.2 Å². The van der Waals surface area contributed by atoms with Crippen molar-refractivity contribution in [2.75, 3.05) is 0 Å². The molecule has 0 fully saturated rings. The van der Waals surface area contributed by atoms with Crippen molar-refractivity contribution in [2.45, 2.75) is 46.6 Å². The summed E-state index contributed by atoms with van der Waals surface area (Å²) in [6.45, 7) is 8.89. The molecule has 0 amide bonds. The molecule has 1 heterocycles. The van der Waals surface area contributed by atoms with E-state index in [1.165, 1.54) is 6.07 Å². The Labute approximate surface area is 120 Å². The molecule has 1 aromatic carbocycles. The molecule has 0 aliphatic heterocycles. The minimum atomic E-state index is -0.330. The molecule has 0 aliphatic carbocycles. The Morgan fingerprint density at radius 2 is 2.00 bits per heavy atom. The van der Waals surface area contributed by atoms with E-state index in [2.05, 4.69) is 27.7 Å². The summed E-state index contributed by atoms with van der Waals surface area (Å²) in [7, 11) is 0. The molecule has 2 N–H and O–H groups in total. The fourth-order valence-electron chi connectivity index (χ4n) is 2.91. The molecule has 1 aromatic heterocycles. The van der Waals surface area contributed by atoms with E-state index in [1.807, 2.05) is 12.1 Å². The van der Waals surface area contributed by atoms with Crippen molar-refractivity contribution in [3.63, 3.8) is 0 Å². The van der Waals surface area contributed by atoms with Crippen molar-refractivity contribution in [3.05, 3.63) is 35.8 Å². The Morgan fingerprint density at radius 1 is 1.30 bits per heavy atom. The van der Waals surface area contributed by atoms with Crippen LogP contribution in [0, 0.1) is 17.2 Å². The second-order valence-electron chi connectivity index (χ2n) is 7.02. The highest BCUT2D eigenvalue weighted by Gasteiger charge is 2.20. The highest BCUT2D eigenvalue weighted by Crippen LogP contribution is 2.32. The summed E-state index contributed by atoms with van der Waals surface area (Å²) in [6, 6.07) is 6.61. The molecule has 0 saturated carbocycles. The van der Waals surface area contributed by atoms with Crippen LogP contribution in [0.1, 0.15) is 52.3 Å². The maximum absolute atomic E-state index is 13.6. The molecule has 20 heavy (non-hydrogen) atoms. The third kappa shape index (κ3) is 3.60. The van der Waals surface area contributed by atoms with Gasteiger partial charge in [-0.15, -0.1) is 0 Å². The third-order valence-corrected chi connectivity index (χ3v) is 3.50. The largest absolute Gasteiger partial charge is 0.456 e. The number of para-hydroxylation sites is 1. The molecule has 0 aliphatic rings. The second kappa shape index (κ2) is 5.57. The van der Waals surface area contributed by atoms with Gasteiger partial charge in [0.25, 0.3) is 0 Å². The van der Waals surface area contributed by atoms with Crippen molar-refractivity contribution in [1.82, 2.24) is 0 Å². The predicted octanol–water partition coefficient (Wildman–Crippen LogP) is 5.03. The van der Waals surface area contributed by atoms with Crippen LogP contribution < -0.4 is 5.73 Å². The maximum Gasteiger partial charge on any atom is 0.169 e. The fourth-order valence-corrected chi connectivity index (χ4v) is 2.91. The van der Waals surface area contributed by atoms with Gasteiger partial charge in [-0.05, 0) is 36.3 Å². The van der Waals surface area contributed by atoms with Crippen LogP contribution in [0.25, 0.3) is 11.0 Å². The van der Waals surface area contributed by atoms with Gasteiger partial charge in [0, 0.05) is 5.39 Å². The first-order valence-corrected chi connectivity index (χ1v) is 7.20. The van der Waals surface area contributed by atoms with Gasteiger partial charge in [0.2, 0.25) is 0 Å². The van der Waals surface area contributed by atoms with Gasteiger partial charge in [0.15, 0.2) is 11.4 Å². The standard InChI is InChI=1S/C17H24FNO/c1-11(10-17(2,3)4)8-14(19)15-9-12-6-5-7-13(18)16(12)20-15/h5-7,9,11,14H,8,10,19H2,1-4H3. The predicted molar refractivity (Wildman–Crippen MR) is 81.0 cm³/mol. The molecule has 3 heteroatoms. The summed E-state index contributed by atoms with van der Waals surface area (Å²) < 4.78 is 19.2. The average molecular weight is 277 g/mol. The number of benzene rings is 1. The lowest BCUT2D eigenvalue weighted by Crippen LogP contribution is -2.17. The lowest BCUT2D eigenvalue weighted by atomic mass is 9.83. The summed E-state index contributed by atoms with van der Waals surface area (Å²) in [5.41, 5.74) is 6.81. The molecular formula is C17H24FNO. The number of hydrogen-bond donors (Lipinski definition) is 1. The van der Waals surface area contributed by atoms with E-state index >= 15 is 0 Å². The van der Waals surface area contributed by atoms with Crippen molar-refractivity contribution in [3.8, 4) is 0 Å². The quantitative estimate of drug-likeness (QED) is 0.850. The lowest BCUT2D eigenvalue weighted by molar-refractivity contribution is 0.279. The first kappa shape index (κ1) is 15.0. The number of nitrogens with two attached hydrogens (primary N) is 1. The van der Waals surface area contributed by atoms with E-state index in [4.69, 9.17) is 10.2 Å². The summed E-state index contributed by atoms with van der Waals surface area (Å²) in [5.74, 6) is 0.845. The van der Waals surface area contributed by atoms with E-state index in [0.717, 1.165) is 18.2 Å². The molecule has 2 aromatic rings. The molecule has 0 spiro atoms. The molecule has 0 radical (unpaired) electrons. The van der Waals surface area contributed by atoms with Crippen LogP contribution >= 0.6 is 0 Å². The number of furan rings is 1. The first-order valence-electron chi connectivity index (χ1n) is 7.20. The smallest absolute Gasteiger partial charge is 0.169 e. The topological polar surface area (TPSA) is 39.2 Å². The zero-order valence-electron chi connectivity index (χ0n) is 12.7. The van der Waals surface area contributed by atoms with Crippen LogP contribution in [0.15, 0.2) is 28.7 Å². The van der Waals surface area contributed by atoms with Crippen molar-refractivity contribution < 1.29 is 8.81 Å². The Morgan fingerprint density at radius 3 is 2.60 bits per heavy atom. The normalized spacial score (nSPS) is 15.5.